The predicted octanol–water partition coefficient (Wildman–Crippen LogP) is 3.17. The summed E-state index contributed by atoms with van der Waals surface area (Å²) in [6.45, 7) is 12.3. The van der Waals surface area contributed by atoms with E-state index in [9.17, 15) is 14.4 Å². The van der Waals surface area contributed by atoms with Gasteiger partial charge < -0.3 is 23.7 Å². The van der Waals surface area contributed by atoms with E-state index in [-0.39, 0.29) is 6.10 Å². The third-order valence-electron chi connectivity index (χ3n) is 7.90. The second-order valence-electron chi connectivity index (χ2n) is 10.3. The number of carbonyl (C=O) groups is 3. The van der Waals surface area contributed by atoms with Crippen molar-refractivity contribution >= 4 is 17.9 Å². The Morgan fingerprint density at radius 1 is 1.00 bits per heavy atom. The maximum atomic E-state index is 13.2. The molecule has 0 radical (unpaired) electrons. The number of ether oxygens (including phenoxy) is 5. The van der Waals surface area contributed by atoms with E-state index in [0.29, 0.717) is 17.6 Å². The monoisotopic (exact) mass is 462 g/mol. The summed E-state index contributed by atoms with van der Waals surface area (Å²) in [6, 6.07) is 0. The number of rotatable bonds is 4. The molecule has 33 heavy (non-hydrogen) atoms. The first-order valence-corrected chi connectivity index (χ1v) is 11.7. The molecule has 1 aliphatic carbocycles. The van der Waals surface area contributed by atoms with Gasteiger partial charge in [-0.15, -0.1) is 0 Å². The predicted molar refractivity (Wildman–Crippen MR) is 117 cm³/mol. The van der Waals surface area contributed by atoms with Gasteiger partial charge in [-0.25, -0.2) is 14.4 Å². The van der Waals surface area contributed by atoms with Gasteiger partial charge in [0, 0.05) is 17.6 Å². The molecular formula is C25H34O8. The van der Waals surface area contributed by atoms with E-state index < -0.39 is 58.9 Å². The van der Waals surface area contributed by atoms with Crippen LogP contribution in [0.15, 0.2) is 23.3 Å². The maximum absolute atomic E-state index is 13.2. The smallest absolute Gasteiger partial charge is 0.351 e. The summed E-state index contributed by atoms with van der Waals surface area (Å²) in [5.41, 5.74) is -1.82. The van der Waals surface area contributed by atoms with Crippen LogP contribution in [0.25, 0.3) is 0 Å². The third-order valence-corrected chi connectivity index (χ3v) is 7.90. The van der Waals surface area contributed by atoms with Crippen LogP contribution in [0.2, 0.25) is 0 Å². The van der Waals surface area contributed by atoms with Gasteiger partial charge in [0.1, 0.15) is 18.3 Å². The molecule has 182 valence electrons. The summed E-state index contributed by atoms with van der Waals surface area (Å²) in [6.07, 6.45) is 3.34. The van der Waals surface area contributed by atoms with E-state index in [1.54, 1.807) is 46.8 Å². The normalized spacial score (nSPS) is 44.6. The van der Waals surface area contributed by atoms with Gasteiger partial charge in [-0.1, -0.05) is 12.2 Å². The highest BCUT2D eigenvalue weighted by atomic mass is 16.7. The number of epoxide rings is 2. The zero-order valence-corrected chi connectivity index (χ0v) is 20.4. The Bertz CT molecular complexity index is 937. The maximum Gasteiger partial charge on any atom is 0.351 e. The average molecular weight is 463 g/mol. The highest BCUT2D eigenvalue weighted by Gasteiger charge is 2.71. The van der Waals surface area contributed by atoms with E-state index >= 15 is 0 Å². The number of fused-ring (bicyclic) bond motifs is 3. The molecule has 8 nitrogen and oxygen atoms in total. The molecule has 0 N–H and O–H groups in total. The van der Waals surface area contributed by atoms with Crippen LogP contribution in [0.5, 0.6) is 0 Å². The van der Waals surface area contributed by atoms with Crippen molar-refractivity contribution in [2.75, 3.05) is 0 Å². The first-order valence-electron chi connectivity index (χ1n) is 11.7. The minimum absolute atomic E-state index is 0.0440. The van der Waals surface area contributed by atoms with Crippen molar-refractivity contribution in [2.45, 2.75) is 109 Å². The fourth-order valence-electron chi connectivity index (χ4n) is 5.19. The van der Waals surface area contributed by atoms with Crippen molar-refractivity contribution in [1.82, 2.24) is 0 Å². The third kappa shape index (κ3) is 4.01. The van der Waals surface area contributed by atoms with E-state index in [0.717, 1.165) is 12.8 Å². The molecule has 0 aromatic heterocycles. The highest BCUT2D eigenvalue weighted by Crippen LogP contribution is 2.56. The molecule has 4 aliphatic rings. The van der Waals surface area contributed by atoms with E-state index in [1.165, 1.54) is 0 Å². The number of allylic oxidation sites excluding steroid dienone is 2. The van der Waals surface area contributed by atoms with E-state index in [1.807, 2.05) is 13.8 Å². The quantitative estimate of drug-likeness (QED) is 0.272. The van der Waals surface area contributed by atoms with E-state index in [4.69, 9.17) is 23.7 Å². The van der Waals surface area contributed by atoms with Crippen LogP contribution in [0.3, 0.4) is 0 Å². The lowest BCUT2D eigenvalue weighted by atomic mass is 9.75. The molecule has 1 saturated carbocycles. The first kappa shape index (κ1) is 24.0. The molecule has 8 atom stereocenters. The number of esters is 3. The highest BCUT2D eigenvalue weighted by molar-refractivity contribution is 5.92. The molecule has 0 bridgehead atoms. The molecule has 0 spiro atoms. The topological polar surface area (TPSA) is 104 Å². The van der Waals surface area contributed by atoms with Gasteiger partial charge in [0.25, 0.3) is 0 Å². The van der Waals surface area contributed by atoms with Gasteiger partial charge in [0.15, 0.2) is 0 Å². The minimum Gasteiger partial charge on any atom is -0.459 e. The van der Waals surface area contributed by atoms with Crippen LogP contribution in [0.4, 0.5) is 0 Å². The average Bonchev–Trinajstić information content (AvgIpc) is 3.60. The Kier molecular flexibility index (Phi) is 5.77. The zero-order valence-electron chi connectivity index (χ0n) is 20.4. The summed E-state index contributed by atoms with van der Waals surface area (Å²) in [5, 5.41) is 0. The lowest BCUT2D eigenvalue weighted by Crippen LogP contribution is -2.53. The largest absolute Gasteiger partial charge is 0.459 e. The van der Waals surface area contributed by atoms with Crippen molar-refractivity contribution in [3.63, 3.8) is 0 Å². The summed E-state index contributed by atoms with van der Waals surface area (Å²) >= 11 is 0. The molecule has 0 aromatic rings. The van der Waals surface area contributed by atoms with Crippen molar-refractivity contribution < 1.29 is 38.1 Å². The summed E-state index contributed by atoms with van der Waals surface area (Å²) < 4.78 is 29.7. The minimum atomic E-state index is -1.65. The summed E-state index contributed by atoms with van der Waals surface area (Å²) in [4.78, 5) is 38.8. The lowest BCUT2D eigenvalue weighted by molar-refractivity contribution is -0.176. The van der Waals surface area contributed by atoms with E-state index in [2.05, 4.69) is 0 Å². The van der Waals surface area contributed by atoms with Crippen LogP contribution < -0.4 is 0 Å². The molecule has 0 aromatic carbocycles. The number of hydrogen-bond acceptors (Lipinski definition) is 8. The Labute approximate surface area is 194 Å². The van der Waals surface area contributed by atoms with Gasteiger partial charge in [-0.2, -0.15) is 0 Å². The molecule has 3 heterocycles. The zero-order chi connectivity index (χ0) is 24.3. The summed E-state index contributed by atoms with van der Waals surface area (Å²) in [7, 11) is 0. The lowest BCUT2D eigenvalue weighted by Gasteiger charge is -2.35. The molecule has 8 heteroatoms. The molecule has 4 fully saturated rings. The summed E-state index contributed by atoms with van der Waals surface area (Å²) in [5.74, 6) is -2.52. The molecule has 3 saturated heterocycles. The molecule has 4 rings (SSSR count). The number of hydrogen-bond donors (Lipinski definition) is 0. The molecular weight excluding hydrogens is 428 g/mol. The Hall–Kier alpha value is -2.19. The fraction of sp³-hybridized carbons (Fsp3) is 0.720. The standard InChI is InChI=1S/C25H34O8/c1-8-13(3)20(26)30-18-17-15(29-22(28)25(17,7)33-21(27)14(4)9-2)12-24(6)16(31-24)10-11-23(5)19(18)32-23/h8-9,15-19H,10-12H2,1-7H3/b13-8-,14-9-/t15-,16-,17+,18+,19-,23+,24-,25-/m1/s1. The molecule has 0 amide bonds. The molecule has 0 unspecified atom stereocenters. The Morgan fingerprint density at radius 3 is 2.27 bits per heavy atom. The van der Waals surface area contributed by atoms with Crippen molar-refractivity contribution in [2.24, 2.45) is 5.92 Å². The van der Waals surface area contributed by atoms with Gasteiger partial charge >= 0.3 is 17.9 Å². The Morgan fingerprint density at radius 2 is 1.64 bits per heavy atom. The van der Waals surface area contributed by atoms with Crippen LogP contribution in [0, 0.1) is 5.92 Å². The van der Waals surface area contributed by atoms with Crippen LogP contribution >= 0.6 is 0 Å². The van der Waals surface area contributed by atoms with Crippen molar-refractivity contribution in [3.8, 4) is 0 Å². The fourth-order valence-corrected chi connectivity index (χ4v) is 5.19. The van der Waals surface area contributed by atoms with Gasteiger partial charge in [-0.05, 0) is 61.3 Å². The van der Waals surface area contributed by atoms with Crippen molar-refractivity contribution in [3.05, 3.63) is 23.3 Å². The second-order valence-corrected chi connectivity index (χ2v) is 10.3. The first-order chi connectivity index (χ1) is 15.4. The SMILES string of the molecule is C/C=C(/C)C(=O)O[C@H]1[C@@H]2[C@@H](C[C@@]3(C)O[C@@H]3CC[C@]3(C)O[C@H]13)OC(=O)[C@]2(C)OC(=O)/C(C)=C\C. The molecule has 3 aliphatic heterocycles. The van der Waals surface area contributed by atoms with Crippen LogP contribution in [0.1, 0.15) is 67.7 Å². The van der Waals surface area contributed by atoms with Crippen LogP contribution in [-0.2, 0) is 38.1 Å². The Balaban J connectivity index is 1.76. The van der Waals surface area contributed by atoms with Gasteiger partial charge in [0.2, 0.25) is 5.60 Å². The second kappa shape index (κ2) is 7.94. The van der Waals surface area contributed by atoms with Crippen molar-refractivity contribution in [1.29, 1.82) is 0 Å². The number of carbonyl (C=O) groups excluding carboxylic acids is 3. The van der Waals surface area contributed by atoms with Gasteiger partial charge in [-0.3, -0.25) is 0 Å². The van der Waals surface area contributed by atoms with Crippen LogP contribution in [-0.4, -0.2) is 59.1 Å². The van der Waals surface area contributed by atoms with Gasteiger partial charge in [0.05, 0.1) is 23.2 Å².